The minimum atomic E-state index is 0.381. The molecule has 68 valence electrons. The Bertz CT molecular complexity index is 447. The molecule has 0 spiro atoms. The van der Waals surface area contributed by atoms with Crippen LogP contribution < -0.4 is 0 Å². The van der Waals surface area contributed by atoms with Crippen LogP contribution in [0, 0.1) is 6.92 Å². The van der Waals surface area contributed by atoms with Gasteiger partial charge in [0, 0.05) is 20.5 Å². The molecule has 1 aromatic heterocycles. The van der Waals surface area contributed by atoms with Crippen molar-refractivity contribution in [3.63, 3.8) is 0 Å². The summed E-state index contributed by atoms with van der Waals surface area (Å²) in [6, 6.07) is 6.01. The van der Waals surface area contributed by atoms with E-state index in [1.807, 2.05) is 12.1 Å². The lowest BCUT2D eigenvalue weighted by atomic mass is 10.1. The third-order valence-electron chi connectivity index (χ3n) is 1.98. The number of halogens is 1. The van der Waals surface area contributed by atoms with Crippen LogP contribution in [0.25, 0.3) is 10.1 Å². The van der Waals surface area contributed by atoms with E-state index in [0.717, 1.165) is 10.3 Å². The van der Waals surface area contributed by atoms with Gasteiger partial charge in [0.25, 0.3) is 0 Å². The normalized spacial score (nSPS) is 10.9. The average molecular weight is 257 g/mol. The lowest BCUT2D eigenvalue weighted by molar-refractivity contribution is 0.472. The van der Waals surface area contributed by atoms with Crippen molar-refractivity contribution in [2.75, 3.05) is 0 Å². The number of phenols is 1. The highest BCUT2D eigenvalue weighted by Crippen LogP contribution is 2.31. The number of fused-ring (bicyclic) bond motifs is 1. The van der Waals surface area contributed by atoms with Crippen LogP contribution in [0.5, 0.6) is 5.75 Å². The minimum Gasteiger partial charge on any atom is -0.508 e. The summed E-state index contributed by atoms with van der Waals surface area (Å²) in [4.78, 5) is 1.28. The zero-order valence-corrected chi connectivity index (χ0v) is 9.58. The fourth-order valence-corrected chi connectivity index (χ4v) is 2.75. The molecule has 0 aliphatic rings. The smallest absolute Gasteiger partial charge is 0.121 e. The molecule has 0 bridgehead atoms. The Morgan fingerprint density at radius 1 is 1.38 bits per heavy atom. The molecule has 0 aliphatic carbocycles. The van der Waals surface area contributed by atoms with Crippen LogP contribution >= 0.6 is 27.3 Å². The quantitative estimate of drug-likeness (QED) is 0.770. The first-order chi connectivity index (χ1) is 6.20. The van der Waals surface area contributed by atoms with Gasteiger partial charge >= 0.3 is 0 Å². The highest BCUT2D eigenvalue weighted by atomic mass is 79.9. The summed E-state index contributed by atoms with van der Waals surface area (Å²) in [5, 5.41) is 11.5. The molecule has 1 heterocycles. The molecule has 1 aromatic carbocycles. The number of aromatic hydroxyl groups is 1. The molecule has 0 atom stereocenters. The van der Waals surface area contributed by atoms with Gasteiger partial charge in [-0.3, -0.25) is 0 Å². The van der Waals surface area contributed by atoms with Crippen LogP contribution in [0.15, 0.2) is 18.2 Å². The summed E-state index contributed by atoms with van der Waals surface area (Å²) in [6.45, 7) is 2.08. The number of hydrogen-bond acceptors (Lipinski definition) is 2. The first kappa shape index (κ1) is 9.03. The van der Waals surface area contributed by atoms with E-state index >= 15 is 0 Å². The van der Waals surface area contributed by atoms with Gasteiger partial charge in [0.05, 0.1) is 0 Å². The Morgan fingerprint density at radius 3 is 2.85 bits per heavy atom. The predicted octanol–water partition coefficient (Wildman–Crippen LogP) is 3.81. The van der Waals surface area contributed by atoms with Gasteiger partial charge in [0.1, 0.15) is 5.75 Å². The molecule has 1 N–H and O–H groups in total. The molecule has 0 unspecified atom stereocenters. The number of alkyl halides is 1. The maximum Gasteiger partial charge on any atom is 0.121 e. The third kappa shape index (κ3) is 1.58. The zero-order valence-electron chi connectivity index (χ0n) is 7.17. The van der Waals surface area contributed by atoms with Gasteiger partial charge in [-0.15, -0.1) is 11.3 Å². The molecule has 0 radical (unpaired) electrons. The van der Waals surface area contributed by atoms with Crippen molar-refractivity contribution in [2.45, 2.75) is 12.3 Å². The maximum atomic E-state index is 9.59. The largest absolute Gasteiger partial charge is 0.508 e. The average Bonchev–Trinajstić information content (AvgIpc) is 2.42. The summed E-state index contributed by atoms with van der Waals surface area (Å²) in [5.41, 5.74) is 0.949. The molecule has 0 fully saturated rings. The van der Waals surface area contributed by atoms with E-state index in [4.69, 9.17) is 0 Å². The van der Waals surface area contributed by atoms with E-state index in [9.17, 15) is 5.11 Å². The first-order valence-corrected chi connectivity index (χ1v) is 5.92. The van der Waals surface area contributed by atoms with E-state index in [1.54, 1.807) is 11.3 Å². The number of phenolic OH excluding ortho intramolecular Hbond substituents is 1. The monoisotopic (exact) mass is 256 g/mol. The molecule has 2 aromatic rings. The van der Waals surface area contributed by atoms with Crippen molar-refractivity contribution in [3.05, 3.63) is 28.6 Å². The first-order valence-electron chi connectivity index (χ1n) is 3.98. The molecule has 0 saturated heterocycles. The topological polar surface area (TPSA) is 20.2 Å². The summed E-state index contributed by atoms with van der Waals surface area (Å²) < 4.78 is 1.15. The molecular formula is C10H9BrOS. The second kappa shape index (κ2) is 3.31. The Balaban J connectivity index is 2.72. The molecule has 0 saturated carbocycles. The number of thiophene rings is 1. The summed E-state index contributed by atoms with van der Waals surface area (Å²) >= 11 is 5.05. The van der Waals surface area contributed by atoms with E-state index in [0.29, 0.717) is 11.1 Å². The molecule has 13 heavy (non-hydrogen) atoms. The summed E-state index contributed by atoms with van der Waals surface area (Å²) in [7, 11) is 0. The summed E-state index contributed by atoms with van der Waals surface area (Å²) in [6.07, 6.45) is 0. The van der Waals surface area contributed by atoms with Gasteiger partial charge in [0.2, 0.25) is 0 Å². The van der Waals surface area contributed by atoms with E-state index < -0.39 is 0 Å². The lowest BCUT2D eigenvalue weighted by Gasteiger charge is -1.99. The third-order valence-corrected chi connectivity index (χ3v) is 3.60. The molecular weight excluding hydrogens is 248 g/mol. The van der Waals surface area contributed by atoms with Crippen molar-refractivity contribution in [1.29, 1.82) is 0 Å². The van der Waals surface area contributed by atoms with Crippen LogP contribution in [-0.2, 0) is 5.33 Å². The van der Waals surface area contributed by atoms with Gasteiger partial charge in [-0.05, 0) is 30.5 Å². The number of aryl methyl sites for hydroxylation is 1. The van der Waals surface area contributed by atoms with Crippen LogP contribution in [-0.4, -0.2) is 5.11 Å². The summed E-state index contributed by atoms with van der Waals surface area (Å²) in [5.74, 6) is 0.381. The maximum absolute atomic E-state index is 9.59. The molecule has 2 rings (SSSR count). The van der Waals surface area contributed by atoms with Crippen LogP contribution in [0.4, 0.5) is 0 Å². The van der Waals surface area contributed by atoms with Crippen molar-refractivity contribution in [1.82, 2.24) is 0 Å². The fourth-order valence-electron chi connectivity index (χ4n) is 1.36. The predicted molar refractivity (Wildman–Crippen MR) is 60.9 cm³/mol. The number of hydrogen-bond donors (Lipinski definition) is 1. The molecule has 1 nitrogen and oxygen atoms in total. The van der Waals surface area contributed by atoms with Crippen molar-refractivity contribution in [3.8, 4) is 5.75 Å². The van der Waals surface area contributed by atoms with Gasteiger partial charge in [0.15, 0.2) is 0 Å². The lowest BCUT2D eigenvalue weighted by Crippen LogP contribution is -1.77. The Kier molecular flexibility index (Phi) is 2.30. The van der Waals surface area contributed by atoms with Gasteiger partial charge in [-0.25, -0.2) is 0 Å². The minimum absolute atomic E-state index is 0.381. The number of benzene rings is 1. The Hall–Kier alpha value is -0.540. The zero-order chi connectivity index (χ0) is 9.42. The van der Waals surface area contributed by atoms with Crippen molar-refractivity contribution in [2.24, 2.45) is 0 Å². The van der Waals surface area contributed by atoms with Crippen LogP contribution in [0.3, 0.4) is 0 Å². The SMILES string of the molecule is Cc1cc2cc(CBr)c(O)cc2s1. The van der Waals surface area contributed by atoms with Crippen molar-refractivity contribution < 1.29 is 5.11 Å². The van der Waals surface area contributed by atoms with Gasteiger partial charge < -0.3 is 5.11 Å². The Labute approximate surface area is 89.1 Å². The van der Waals surface area contributed by atoms with Crippen molar-refractivity contribution >= 4 is 37.4 Å². The van der Waals surface area contributed by atoms with Crippen LogP contribution in [0.1, 0.15) is 10.4 Å². The van der Waals surface area contributed by atoms with E-state index in [1.165, 1.54) is 10.3 Å². The highest BCUT2D eigenvalue weighted by molar-refractivity contribution is 9.08. The Morgan fingerprint density at radius 2 is 2.15 bits per heavy atom. The molecule has 3 heteroatoms. The van der Waals surface area contributed by atoms with E-state index in [2.05, 4.69) is 28.9 Å². The molecule has 0 aliphatic heterocycles. The highest BCUT2D eigenvalue weighted by Gasteiger charge is 2.04. The van der Waals surface area contributed by atoms with Gasteiger partial charge in [-0.2, -0.15) is 0 Å². The standard InChI is InChI=1S/C10H9BrOS/c1-6-2-7-3-8(5-11)9(12)4-10(7)13-6/h2-4,12H,5H2,1H3. The van der Waals surface area contributed by atoms with Crippen LogP contribution in [0.2, 0.25) is 0 Å². The second-order valence-electron chi connectivity index (χ2n) is 3.01. The number of rotatable bonds is 1. The molecule has 0 amide bonds. The van der Waals surface area contributed by atoms with E-state index in [-0.39, 0.29) is 0 Å². The fraction of sp³-hybridized carbons (Fsp3) is 0.200. The second-order valence-corrected chi connectivity index (χ2v) is 4.86. The van der Waals surface area contributed by atoms with Gasteiger partial charge in [-0.1, -0.05) is 15.9 Å².